The first-order valence-electron chi connectivity index (χ1n) is 13.6. The van der Waals surface area contributed by atoms with Crippen LogP contribution in [0.25, 0.3) is 0 Å². The Labute approximate surface area is 253 Å². The number of carbonyl (C=O) groups is 1. The summed E-state index contributed by atoms with van der Waals surface area (Å²) in [6.07, 6.45) is 0.955. The van der Waals surface area contributed by atoms with Crippen LogP contribution >= 0.6 is 23.2 Å². The summed E-state index contributed by atoms with van der Waals surface area (Å²) in [5.74, 6) is 0.00107. The van der Waals surface area contributed by atoms with Gasteiger partial charge >= 0.3 is 0 Å². The number of amides is 1. The molecule has 8 nitrogen and oxygen atoms in total. The Morgan fingerprint density at radius 1 is 0.881 bits per heavy atom. The van der Waals surface area contributed by atoms with Gasteiger partial charge in [-0.1, -0.05) is 41.4 Å². The van der Waals surface area contributed by atoms with E-state index in [1.54, 1.807) is 42.5 Å². The van der Waals surface area contributed by atoms with Crippen LogP contribution < -0.4 is 20.5 Å². The maximum absolute atomic E-state index is 13.4. The molecule has 3 aromatic carbocycles. The third kappa shape index (κ3) is 5.90. The SMILES string of the molecule is O=C(NCc1ccc(Cl)cc1)c1ccc(N2CC3CC(C2)c2cccc(=O)n2C3)c(NS(=O)(=O)c2ccc(Cl)cc2)c1. The van der Waals surface area contributed by atoms with Crippen LogP contribution in [0.3, 0.4) is 0 Å². The lowest BCUT2D eigenvalue weighted by Crippen LogP contribution is -2.47. The minimum atomic E-state index is -3.99. The van der Waals surface area contributed by atoms with Crippen molar-refractivity contribution in [3.05, 3.63) is 122 Å². The molecule has 2 bridgehead atoms. The molecule has 6 rings (SSSR count). The molecule has 0 spiro atoms. The number of nitrogens with one attached hydrogen (secondary N) is 2. The van der Waals surface area contributed by atoms with Gasteiger partial charge in [-0.3, -0.25) is 14.3 Å². The molecule has 2 aliphatic heterocycles. The number of piperidine rings is 1. The molecule has 42 heavy (non-hydrogen) atoms. The van der Waals surface area contributed by atoms with Gasteiger partial charge in [-0.05, 0) is 78.6 Å². The molecule has 11 heteroatoms. The normalized spacial score (nSPS) is 17.8. The fourth-order valence-corrected chi connectivity index (χ4v) is 7.15. The van der Waals surface area contributed by atoms with Crippen LogP contribution in [-0.4, -0.2) is 32.0 Å². The largest absolute Gasteiger partial charge is 0.369 e. The maximum atomic E-state index is 13.4. The fraction of sp³-hybridized carbons (Fsp3) is 0.226. The fourth-order valence-electron chi connectivity index (χ4n) is 5.83. The summed E-state index contributed by atoms with van der Waals surface area (Å²) >= 11 is 11.9. The zero-order valence-corrected chi connectivity index (χ0v) is 24.8. The van der Waals surface area contributed by atoms with E-state index in [1.165, 1.54) is 24.3 Å². The van der Waals surface area contributed by atoms with E-state index in [9.17, 15) is 18.0 Å². The molecule has 0 saturated carbocycles. The second-order valence-electron chi connectivity index (χ2n) is 10.7. The van der Waals surface area contributed by atoms with Crippen molar-refractivity contribution in [3.8, 4) is 0 Å². The van der Waals surface area contributed by atoms with Crippen LogP contribution in [0.15, 0.2) is 94.6 Å². The Morgan fingerprint density at radius 2 is 1.60 bits per heavy atom. The molecule has 2 atom stereocenters. The maximum Gasteiger partial charge on any atom is 0.261 e. The first kappa shape index (κ1) is 28.3. The van der Waals surface area contributed by atoms with Crippen LogP contribution in [0.4, 0.5) is 11.4 Å². The summed E-state index contributed by atoms with van der Waals surface area (Å²) in [4.78, 5) is 27.8. The van der Waals surface area contributed by atoms with Gasteiger partial charge in [0.2, 0.25) is 0 Å². The third-order valence-corrected chi connectivity index (χ3v) is 9.70. The van der Waals surface area contributed by atoms with Gasteiger partial charge in [-0.15, -0.1) is 0 Å². The van der Waals surface area contributed by atoms with Crippen molar-refractivity contribution >= 4 is 50.5 Å². The minimum absolute atomic E-state index is 0.000953. The van der Waals surface area contributed by atoms with Crippen molar-refractivity contribution < 1.29 is 13.2 Å². The Kier molecular flexibility index (Phi) is 7.74. The van der Waals surface area contributed by atoms with Gasteiger partial charge in [0.15, 0.2) is 0 Å². The molecule has 1 aromatic heterocycles. The predicted octanol–water partition coefficient (Wildman–Crippen LogP) is 5.51. The number of fused-ring (bicyclic) bond motifs is 4. The monoisotopic (exact) mass is 622 g/mol. The molecule has 4 aromatic rings. The Morgan fingerprint density at radius 3 is 2.33 bits per heavy atom. The number of sulfonamides is 1. The Balaban J connectivity index is 1.32. The molecule has 2 unspecified atom stereocenters. The number of anilines is 2. The average Bonchev–Trinajstić information content (AvgIpc) is 2.97. The highest BCUT2D eigenvalue weighted by molar-refractivity contribution is 7.92. The zero-order chi connectivity index (χ0) is 29.4. The van der Waals surface area contributed by atoms with E-state index in [4.69, 9.17) is 23.2 Å². The lowest BCUT2D eigenvalue weighted by molar-refractivity contribution is 0.0951. The number of hydrogen-bond acceptors (Lipinski definition) is 5. The highest BCUT2D eigenvalue weighted by Crippen LogP contribution is 2.40. The van der Waals surface area contributed by atoms with Crippen LogP contribution in [0, 0.1) is 5.92 Å². The average molecular weight is 624 g/mol. The lowest BCUT2D eigenvalue weighted by atomic mass is 9.83. The van der Waals surface area contributed by atoms with Gasteiger partial charge in [-0.2, -0.15) is 0 Å². The second-order valence-corrected chi connectivity index (χ2v) is 13.3. The summed E-state index contributed by atoms with van der Waals surface area (Å²) < 4.78 is 31.5. The molecule has 216 valence electrons. The van der Waals surface area contributed by atoms with E-state index in [2.05, 4.69) is 14.9 Å². The van der Waals surface area contributed by atoms with Gasteiger partial charge in [0.1, 0.15) is 0 Å². The number of nitrogens with zero attached hydrogens (tertiary/aromatic N) is 2. The number of aromatic nitrogens is 1. The van der Waals surface area contributed by atoms with E-state index >= 15 is 0 Å². The number of rotatable bonds is 7. The van der Waals surface area contributed by atoms with Crippen LogP contribution in [0.5, 0.6) is 0 Å². The molecule has 2 N–H and O–H groups in total. The van der Waals surface area contributed by atoms with Crippen LogP contribution in [-0.2, 0) is 23.1 Å². The highest BCUT2D eigenvalue weighted by atomic mass is 35.5. The molecule has 0 radical (unpaired) electrons. The molecule has 1 amide bonds. The van der Waals surface area contributed by atoms with E-state index in [0.29, 0.717) is 46.6 Å². The summed E-state index contributed by atoms with van der Waals surface area (Å²) in [6, 6.07) is 23.5. The first-order valence-corrected chi connectivity index (χ1v) is 15.8. The first-order chi connectivity index (χ1) is 20.2. The van der Waals surface area contributed by atoms with Crippen molar-refractivity contribution in [3.63, 3.8) is 0 Å². The van der Waals surface area contributed by atoms with E-state index in [-0.39, 0.29) is 34.7 Å². The molecule has 1 saturated heterocycles. The van der Waals surface area contributed by atoms with Gasteiger partial charge in [0.25, 0.3) is 21.5 Å². The van der Waals surface area contributed by atoms with Crippen molar-refractivity contribution in [1.82, 2.24) is 9.88 Å². The van der Waals surface area contributed by atoms with Crippen LogP contribution in [0.2, 0.25) is 10.0 Å². The minimum Gasteiger partial charge on any atom is -0.369 e. The number of benzene rings is 3. The molecule has 1 fully saturated rings. The Hall–Kier alpha value is -3.79. The van der Waals surface area contributed by atoms with Gasteiger partial charge in [-0.25, -0.2) is 8.42 Å². The van der Waals surface area contributed by atoms with Crippen molar-refractivity contribution in [2.75, 3.05) is 22.7 Å². The van der Waals surface area contributed by atoms with Crippen molar-refractivity contribution in [1.29, 1.82) is 0 Å². The summed E-state index contributed by atoms with van der Waals surface area (Å²) in [5, 5.41) is 3.92. The molecule has 0 aliphatic carbocycles. The molecule has 3 heterocycles. The standard InChI is InChI=1S/C31H28Cl2N4O4S/c32-24-7-4-20(5-8-24)16-34-31(39)22-6-13-29(27(15-22)35-42(40,41)26-11-9-25(33)10-12-26)36-17-21-14-23(19-36)28-2-1-3-30(38)37(28)18-21/h1-13,15,21,23,35H,14,16-19H2,(H,34,39). The van der Waals surface area contributed by atoms with Gasteiger partial charge < -0.3 is 14.8 Å². The van der Waals surface area contributed by atoms with Crippen LogP contribution in [0.1, 0.15) is 34.0 Å². The molecule has 2 aliphatic rings. The van der Waals surface area contributed by atoms with Gasteiger partial charge in [0.05, 0.1) is 16.3 Å². The number of hydrogen-bond donors (Lipinski definition) is 2. The second kappa shape index (κ2) is 11.5. The van der Waals surface area contributed by atoms with E-state index < -0.39 is 10.0 Å². The molecular formula is C31H28Cl2N4O4S. The van der Waals surface area contributed by atoms with E-state index in [0.717, 1.165) is 17.7 Å². The van der Waals surface area contributed by atoms with Crippen molar-refractivity contribution in [2.45, 2.75) is 30.3 Å². The lowest BCUT2D eigenvalue weighted by Gasteiger charge is -2.44. The molecular weight excluding hydrogens is 595 g/mol. The highest BCUT2D eigenvalue weighted by Gasteiger charge is 2.35. The summed E-state index contributed by atoms with van der Waals surface area (Å²) in [7, 11) is -3.99. The van der Waals surface area contributed by atoms with Crippen molar-refractivity contribution in [2.24, 2.45) is 5.92 Å². The number of pyridine rings is 1. The Bertz CT molecular complexity index is 1810. The smallest absolute Gasteiger partial charge is 0.261 e. The quantitative estimate of drug-likeness (QED) is 0.283. The van der Waals surface area contributed by atoms with E-state index in [1.807, 2.05) is 22.8 Å². The van der Waals surface area contributed by atoms with Gasteiger partial charge in [0, 0.05) is 59.5 Å². The zero-order valence-electron chi connectivity index (χ0n) is 22.5. The summed E-state index contributed by atoms with van der Waals surface area (Å²) in [6.45, 7) is 2.16. The number of halogens is 2. The summed E-state index contributed by atoms with van der Waals surface area (Å²) in [5.41, 5.74) is 3.16. The third-order valence-electron chi connectivity index (χ3n) is 7.81. The number of carbonyl (C=O) groups excluding carboxylic acids is 1. The topological polar surface area (TPSA) is 101 Å². The predicted molar refractivity (Wildman–Crippen MR) is 165 cm³/mol.